The molecule has 0 spiro atoms. The number of halogens is 2. The predicted octanol–water partition coefficient (Wildman–Crippen LogP) is 5.29. The molecule has 0 aliphatic carbocycles. The molecule has 0 aliphatic rings. The molecule has 2 rings (SSSR count). The van der Waals surface area contributed by atoms with Gasteiger partial charge in [-0.15, -0.1) is 0 Å². The lowest BCUT2D eigenvalue weighted by atomic mass is 10.0. The Labute approximate surface area is 142 Å². The molecule has 1 N–H and O–H groups in total. The van der Waals surface area contributed by atoms with Gasteiger partial charge >= 0.3 is 0 Å². The summed E-state index contributed by atoms with van der Waals surface area (Å²) in [6.07, 6.45) is 2.77. The Morgan fingerprint density at radius 1 is 1.24 bits per heavy atom. The maximum Gasteiger partial charge on any atom is 0.174 e. The van der Waals surface area contributed by atoms with Crippen LogP contribution in [-0.2, 0) is 0 Å². The van der Waals surface area contributed by atoms with E-state index in [2.05, 4.69) is 56.2 Å². The number of nitrogens with one attached hydrogen (secondary N) is 1. The van der Waals surface area contributed by atoms with Crippen molar-refractivity contribution < 1.29 is 9.15 Å². The van der Waals surface area contributed by atoms with Crippen molar-refractivity contribution in [2.24, 2.45) is 0 Å². The predicted molar refractivity (Wildman–Crippen MR) is 91.9 cm³/mol. The molecule has 2 aromatic rings. The summed E-state index contributed by atoms with van der Waals surface area (Å²) in [7, 11) is 0. The molecule has 21 heavy (non-hydrogen) atoms. The van der Waals surface area contributed by atoms with Crippen molar-refractivity contribution >= 4 is 31.9 Å². The molecule has 0 saturated heterocycles. The van der Waals surface area contributed by atoms with Crippen molar-refractivity contribution in [3.8, 4) is 5.75 Å². The third-order valence-corrected chi connectivity index (χ3v) is 4.41. The lowest BCUT2D eigenvalue weighted by Crippen LogP contribution is -2.23. The standard InChI is InChI=1S/C16H19Br2NO2/c1-3-8-19-15(12-7-9-21-16(12)18)11-5-6-14(20-4-2)13(17)10-11/h5-7,9-10,15,19H,3-4,8H2,1-2H3. The van der Waals surface area contributed by atoms with Gasteiger partial charge in [-0.1, -0.05) is 13.0 Å². The zero-order chi connectivity index (χ0) is 15.2. The maximum absolute atomic E-state index is 5.57. The van der Waals surface area contributed by atoms with E-state index in [1.165, 1.54) is 5.56 Å². The summed E-state index contributed by atoms with van der Waals surface area (Å²) in [4.78, 5) is 0. The van der Waals surface area contributed by atoms with Crippen LogP contribution in [0.25, 0.3) is 0 Å². The highest BCUT2D eigenvalue weighted by Gasteiger charge is 2.19. The second-order valence-corrected chi connectivity index (χ2v) is 6.23. The van der Waals surface area contributed by atoms with Crippen molar-refractivity contribution in [2.45, 2.75) is 26.3 Å². The van der Waals surface area contributed by atoms with Crippen LogP contribution in [-0.4, -0.2) is 13.2 Å². The molecule has 0 amide bonds. The van der Waals surface area contributed by atoms with Crippen molar-refractivity contribution in [1.82, 2.24) is 5.32 Å². The Bertz CT molecular complexity index is 583. The minimum atomic E-state index is 0.0880. The molecule has 0 aliphatic heterocycles. The van der Waals surface area contributed by atoms with E-state index in [0.717, 1.165) is 33.4 Å². The molecule has 1 aromatic heterocycles. The van der Waals surface area contributed by atoms with E-state index in [0.29, 0.717) is 6.61 Å². The first-order valence-electron chi connectivity index (χ1n) is 7.05. The van der Waals surface area contributed by atoms with Crippen molar-refractivity contribution in [1.29, 1.82) is 0 Å². The third-order valence-electron chi connectivity index (χ3n) is 3.14. The highest BCUT2D eigenvalue weighted by molar-refractivity contribution is 9.10. The lowest BCUT2D eigenvalue weighted by Gasteiger charge is -2.19. The first-order chi connectivity index (χ1) is 10.2. The largest absolute Gasteiger partial charge is 0.493 e. The topological polar surface area (TPSA) is 34.4 Å². The quantitative estimate of drug-likeness (QED) is 0.665. The molecule has 0 saturated carbocycles. The Morgan fingerprint density at radius 3 is 2.62 bits per heavy atom. The van der Waals surface area contributed by atoms with E-state index in [-0.39, 0.29) is 6.04 Å². The Kier molecular flexibility index (Phi) is 6.33. The summed E-state index contributed by atoms with van der Waals surface area (Å²) >= 11 is 7.05. The number of ether oxygens (including phenoxy) is 1. The van der Waals surface area contributed by atoms with Gasteiger partial charge in [0.1, 0.15) is 5.75 Å². The van der Waals surface area contributed by atoms with E-state index in [1.54, 1.807) is 6.26 Å². The summed E-state index contributed by atoms with van der Waals surface area (Å²) < 4.78 is 12.7. The highest BCUT2D eigenvalue weighted by atomic mass is 79.9. The van der Waals surface area contributed by atoms with E-state index in [9.17, 15) is 0 Å². The van der Waals surface area contributed by atoms with Crippen LogP contribution in [0, 0.1) is 0 Å². The maximum atomic E-state index is 5.57. The summed E-state index contributed by atoms with van der Waals surface area (Å²) in [6, 6.07) is 8.25. The zero-order valence-electron chi connectivity index (χ0n) is 12.2. The molecule has 1 heterocycles. The van der Waals surface area contributed by atoms with Gasteiger partial charge in [0.05, 0.1) is 23.4 Å². The summed E-state index contributed by atoms with van der Waals surface area (Å²) in [5.74, 6) is 0.863. The second-order valence-electron chi connectivity index (χ2n) is 4.66. The van der Waals surface area contributed by atoms with Crippen LogP contribution in [0.2, 0.25) is 0 Å². The van der Waals surface area contributed by atoms with E-state index in [1.807, 2.05) is 19.1 Å². The lowest BCUT2D eigenvalue weighted by molar-refractivity contribution is 0.338. The average Bonchev–Trinajstić information content (AvgIpc) is 2.89. The van der Waals surface area contributed by atoms with Gasteiger partial charge in [0, 0.05) is 5.56 Å². The molecule has 5 heteroatoms. The van der Waals surface area contributed by atoms with Crippen LogP contribution in [0.4, 0.5) is 0 Å². The summed E-state index contributed by atoms with van der Waals surface area (Å²) in [5.41, 5.74) is 2.26. The van der Waals surface area contributed by atoms with Gasteiger partial charge < -0.3 is 14.5 Å². The van der Waals surface area contributed by atoms with Gasteiger partial charge in [-0.3, -0.25) is 0 Å². The molecule has 1 unspecified atom stereocenters. The van der Waals surface area contributed by atoms with Crippen LogP contribution in [0.3, 0.4) is 0 Å². The number of benzene rings is 1. The van der Waals surface area contributed by atoms with Gasteiger partial charge in [-0.2, -0.15) is 0 Å². The SMILES string of the molecule is CCCNC(c1ccc(OCC)c(Br)c1)c1ccoc1Br. The zero-order valence-corrected chi connectivity index (χ0v) is 15.3. The molecule has 0 radical (unpaired) electrons. The molecular weight excluding hydrogens is 398 g/mol. The van der Waals surface area contributed by atoms with Crippen LogP contribution in [0.1, 0.15) is 37.4 Å². The molecular formula is C16H19Br2NO2. The van der Waals surface area contributed by atoms with Crippen LogP contribution in [0.5, 0.6) is 5.75 Å². The summed E-state index contributed by atoms with van der Waals surface area (Å²) in [5, 5.41) is 3.56. The van der Waals surface area contributed by atoms with Gasteiger partial charge in [-0.05, 0) is 75.5 Å². The summed E-state index contributed by atoms with van der Waals surface area (Å²) in [6.45, 7) is 5.73. The highest BCUT2D eigenvalue weighted by Crippen LogP contribution is 2.34. The number of hydrogen-bond acceptors (Lipinski definition) is 3. The van der Waals surface area contributed by atoms with Crippen LogP contribution in [0.15, 0.2) is 44.1 Å². The van der Waals surface area contributed by atoms with E-state index >= 15 is 0 Å². The van der Waals surface area contributed by atoms with Crippen LogP contribution >= 0.6 is 31.9 Å². The Hall–Kier alpha value is -0.780. The number of furan rings is 1. The first-order valence-corrected chi connectivity index (χ1v) is 8.64. The Morgan fingerprint density at radius 2 is 2.05 bits per heavy atom. The fourth-order valence-corrected chi connectivity index (χ4v) is 3.16. The minimum Gasteiger partial charge on any atom is -0.493 e. The number of rotatable bonds is 7. The van der Waals surface area contributed by atoms with Crippen molar-refractivity contribution in [3.63, 3.8) is 0 Å². The van der Waals surface area contributed by atoms with E-state index in [4.69, 9.17) is 9.15 Å². The normalized spacial score (nSPS) is 12.4. The van der Waals surface area contributed by atoms with Gasteiger partial charge in [0.15, 0.2) is 4.67 Å². The molecule has 0 fully saturated rings. The first kappa shape index (κ1) is 16.6. The molecule has 0 bridgehead atoms. The van der Waals surface area contributed by atoms with Crippen LogP contribution < -0.4 is 10.1 Å². The van der Waals surface area contributed by atoms with Crippen molar-refractivity contribution in [2.75, 3.05) is 13.2 Å². The molecule has 1 atom stereocenters. The average molecular weight is 417 g/mol. The molecule has 1 aromatic carbocycles. The number of hydrogen-bond donors (Lipinski definition) is 1. The van der Waals surface area contributed by atoms with E-state index < -0.39 is 0 Å². The fraction of sp³-hybridized carbons (Fsp3) is 0.375. The Balaban J connectivity index is 2.33. The second kappa shape index (κ2) is 8.01. The van der Waals surface area contributed by atoms with Crippen molar-refractivity contribution in [3.05, 3.63) is 50.8 Å². The van der Waals surface area contributed by atoms with Gasteiger partial charge in [0.25, 0.3) is 0 Å². The smallest absolute Gasteiger partial charge is 0.174 e. The third kappa shape index (κ3) is 4.11. The van der Waals surface area contributed by atoms with Gasteiger partial charge in [-0.25, -0.2) is 0 Å². The fourth-order valence-electron chi connectivity index (χ4n) is 2.18. The monoisotopic (exact) mass is 415 g/mol. The van der Waals surface area contributed by atoms with Gasteiger partial charge in [0.2, 0.25) is 0 Å². The molecule has 114 valence electrons. The molecule has 3 nitrogen and oxygen atoms in total. The minimum absolute atomic E-state index is 0.0880.